The van der Waals surface area contributed by atoms with Crippen LogP contribution in [0.15, 0.2) is 36.4 Å². The fourth-order valence-corrected chi connectivity index (χ4v) is 1.93. The van der Waals surface area contributed by atoms with Crippen molar-refractivity contribution in [3.8, 4) is 17.6 Å². The normalized spacial score (nSPS) is 11.7. The summed E-state index contributed by atoms with van der Waals surface area (Å²) in [6.07, 6.45) is -0.556. The summed E-state index contributed by atoms with van der Waals surface area (Å²) in [6.45, 7) is 3.86. The second-order valence-electron chi connectivity index (χ2n) is 4.10. The predicted octanol–water partition coefficient (Wildman–Crippen LogP) is 3.30. The predicted molar refractivity (Wildman–Crippen MR) is 73.5 cm³/mol. The van der Waals surface area contributed by atoms with Crippen molar-refractivity contribution in [2.75, 3.05) is 6.61 Å². The lowest BCUT2D eigenvalue weighted by Crippen LogP contribution is -2.01. The van der Waals surface area contributed by atoms with E-state index in [0.29, 0.717) is 6.61 Å². The number of benzene rings is 2. The molecule has 92 valence electrons. The Kier molecular flexibility index (Phi) is 3.86. The first kappa shape index (κ1) is 12.5. The average Bonchev–Trinajstić information content (AvgIpc) is 2.38. The molecule has 2 aromatic carbocycles. The summed E-state index contributed by atoms with van der Waals surface area (Å²) < 4.78 is 5.72. The summed E-state index contributed by atoms with van der Waals surface area (Å²) in [5.74, 6) is 6.40. The Morgan fingerprint density at radius 2 is 2.00 bits per heavy atom. The lowest BCUT2D eigenvalue weighted by Gasteiger charge is -2.14. The minimum Gasteiger partial charge on any atom is -0.480 e. The van der Waals surface area contributed by atoms with Gasteiger partial charge >= 0.3 is 0 Å². The zero-order valence-corrected chi connectivity index (χ0v) is 10.6. The van der Waals surface area contributed by atoms with Crippen LogP contribution in [0.3, 0.4) is 0 Å². The maximum atomic E-state index is 9.80. The van der Waals surface area contributed by atoms with Crippen LogP contribution in [0.5, 0.6) is 5.75 Å². The topological polar surface area (TPSA) is 29.5 Å². The first-order valence-corrected chi connectivity index (χ1v) is 5.96. The van der Waals surface area contributed by atoms with E-state index in [2.05, 4.69) is 11.8 Å². The molecule has 0 heterocycles. The molecule has 1 N–H and O–H groups in total. The standard InChI is InChI=1S/C16H16O2/c1-3-4-11-18-16-14(12(2)17)10-9-13-7-5-6-8-15(13)16/h5-10,12,17H,11H2,1-2H3. The Hall–Kier alpha value is -1.98. The molecule has 2 heteroatoms. The third-order valence-electron chi connectivity index (χ3n) is 2.83. The van der Waals surface area contributed by atoms with Crippen LogP contribution >= 0.6 is 0 Å². The molecule has 0 fully saturated rings. The molecule has 0 amide bonds. The lowest BCUT2D eigenvalue weighted by molar-refractivity contribution is 0.193. The maximum absolute atomic E-state index is 9.80. The number of hydrogen-bond donors (Lipinski definition) is 1. The lowest BCUT2D eigenvalue weighted by atomic mass is 10.0. The molecule has 0 aliphatic heterocycles. The number of hydrogen-bond acceptors (Lipinski definition) is 2. The Labute approximate surface area is 107 Å². The molecule has 0 saturated carbocycles. The van der Waals surface area contributed by atoms with Crippen LogP contribution in [-0.4, -0.2) is 11.7 Å². The molecule has 1 unspecified atom stereocenters. The van der Waals surface area contributed by atoms with Crippen molar-refractivity contribution in [2.24, 2.45) is 0 Å². The van der Waals surface area contributed by atoms with Crippen LogP contribution in [0.25, 0.3) is 10.8 Å². The highest BCUT2D eigenvalue weighted by Crippen LogP contribution is 2.33. The van der Waals surface area contributed by atoms with Gasteiger partial charge in [0.15, 0.2) is 0 Å². The number of aliphatic hydroxyl groups is 1. The van der Waals surface area contributed by atoms with Gasteiger partial charge in [0.25, 0.3) is 0 Å². The molecule has 0 aliphatic carbocycles. The molecule has 0 saturated heterocycles. The van der Waals surface area contributed by atoms with Gasteiger partial charge in [-0.25, -0.2) is 0 Å². The van der Waals surface area contributed by atoms with Gasteiger partial charge in [0.2, 0.25) is 0 Å². The molecule has 2 nitrogen and oxygen atoms in total. The minimum atomic E-state index is -0.556. The molecule has 0 aliphatic rings. The van der Waals surface area contributed by atoms with E-state index < -0.39 is 6.10 Å². The van der Waals surface area contributed by atoms with E-state index in [1.807, 2.05) is 36.4 Å². The summed E-state index contributed by atoms with van der Waals surface area (Å²) in [5.41, 5.74) is 0.798. The third kappa shape index (κ3) is 2.47. The first-order valence-electron chi connectivity index (χ1n) is 5.96. The van der Waals surface area contributed by atoms with Gasteiger partial charge in [-0.05, 0) is 19.2 Å². The monoisotopic (exact) mass is 240 g/mol. The van der Waals surface area contributed by atoms with Crippen molar-refractivity contribution in [1.82, 2.24) is 0 Å². The molecule has 18 heavy (non-hydrogen) atoms. The Balaban J connectivity index is 2.54. The molecule has 0 spiro atoms. The van der Waals surface area contributed by atoms with Crippen LogP contribution in [0.1, 0.15) is 25.5 Å². The van der Waals surface area contributed by atoms with E-state index in [1.165, 1.54) is 0 Å². The second-order valence-corrected chi connectivity index (χ2v) is 4.10. The molecule has 1 atom stereocenters. The number of ether oxygens (including phenoxy) is 1. The average molecular weight is 240 g/mol. The molecule has 2 rings (SSSR count). The molecular weight excluding hydrogens is 224 g/mol. The van der Waals surface area contributed by atoms with Crippen LogP contribution in [0, 0.1) is 11.8 Å². The van der Waals surface area contributed by atoms with Crippen LogP contribution in [0.2, 0.25) is 0 Å². The zero-order valence-electron chi connectivity index (χ0n) is 10.6. The highest BCUT2D eigenvalue weighted by atomic mass is 16.5. The van der Waals surface area contributed by atoms with Crippen molar-refractivity contribution in [2.45, 2.75) is 20.0 Å². The van der Waals surface area contributed by atoms with Gasteiger partial charge in [-0.2, -0.15) is 0 Å². The third-order valence-corrected chi connectivity index (χ3v) is 2.83. The summed E-state index contributed by atoms with van der Waals surface area (Å²) in [5, 5.41) is 11.9. The summed E-state index contributed by atoms with van der Waals surface area (Å²) >= 11 is 0. The number of rotatable bonds is 3. The SMILES string of the molecule is CC#CCOc1c(C(C)O)ccc2ccccc12. The summed E-state index contributed by atoms with van der Waals surface area (Å²) in [6, 6.07) is 11.9. The van der Waals surface area contributed by atoms with E-state index in [1.54, 1.807) is 13.8 Å². The molecule has 0 radical (unpaired) electrons. The number of aliphatic hydroxyl groups excluding tert-OH is 1. The fraction of sp³-hybridized carbons (Fsp3) is 0.250. The second kappa shape index (κ2) is 5.57. The molecule has 0 aromatic heterocycles. The molecule has 2 aromatic rings. The summed E-state index contributed by atoms with van der Waals surface area (Å²) in [4.78, 5) is 0. The highest BCUT2D eigenvalue weighted by Gasteiger charge is 2.12. The fourth-order valence-electron chi connectivity index (χ4n) is 1.93. The largest absolute Gasteiger partial charge is 0.480 e. The van der Waals surface area contributed by atoms with Crippen molar-refractivity contribution in [3.63, 3.8) is 0 Å². The van der Waals surface area contributed by atoms with E-state index in [4.69, 9.17) is 4.74 Å². The van der Waals surface area contributed by atoms with E-state index >= 15 is 0 Å². The van der Waals surface area contributed by atoms with Gasteiger partial charge < -0.3 is 9.84 Å². The quantitative estimate of drug-likeness (QED) is 0.834. The van der Waals surface area contributed by atoms with Crippen molar-refractivity contribution in [1.29, 1.82) is 0 Å². The van der Waals surface area contributed by atoms with Gasteiger partial charge in [0, 0.05) is 10.9 Å². The Bertz CT molecular complexity index is 603. The van der Waals surface area contributed by atoms with E-state index in [-0.39, 0.29) is 0 Å². The van der Waals surface area contributed by atoms with Crippen molar-refractivity contribution in [3.05, 3.63) is 42.0 Å². The van der Waals surface area contributed by atoms with Gasteiger partial charge in [-0.3, -0.25) is 0 Å². The van der Waals surface area contributed by atoms with Gasteiger partial charge in [-0.1, -0.05) is 42.3 Å². The van der Waals surface area contributed by atoms with Crippen LogP contribution in [-0.2, 0) is 0 Å². The van der Waals surface area contributed by atoms with E-state index in [9.17, 15) is 5.11 Å². The maximum Gasteiger partial charge on any atom is 0.149 e. The van der Waals surface area contributed by atoms with Gasteiger partial charge in [-0.15, -0.1) is 5.92 Å². The van der Waals surface area contributed by atoms with Crippen molar-refractivity contribution >= 4 is 10.8 Å². The van der Waals surface area contributed by atoms with Crippen LogP contribution in [0.4, 0.5) is 0 Å². The number of fused-ring (bicyclic) bond motifs is 1. The van der Waals surface area contributed by atoms with Crippen LogP contribution < -0.4 is 4.74 Å². The van der Waals surface area contributed by atoms with E-state index in [0.717, 1.165) is 22.1 Å². The first-order chi connectivity index (χ1) is 8.74. The highest BCUT2D eigenvalue weighted by molar-refractivity contribution is 5.89. The van der Waals surface area contributed by atoms with Crippen molar-refractivity contribution < 1.29 is 9.84 Å². The Morgan fingerprint density at radius 1 is 1.22 bits per heavy atom. The molecular formula is C16H16O2. The molecule has 0 bridgehead atoms. The minimum absolute atomic E-state index is 0.338. The Morgan fingerprint density at radius 3 is 2.72 bits per heavy atom. The zero-order chi connectivity index (χ0) is 13.0. The smallest absolute Gasteiger partial charge is 0.149 e. The van der Waals surface area contributed by atoms with Gasteiger partial charge in [0.05, 0.1) is 6.10 Å². The summed E-state index contributed by atoms with van der Waals surface area (Å²) in [7, 11) is 0. The van der Waals surface area contributed by atoms with Gasteiger partial charge in [0.1, 0.15) is 12.4 Å².